The molecule has 2 heterocycles. The first-order valence-corrected chi connectivity index (χ1v) is 15.9. The molecule has 0 aliphatic heterocycles. The molecule has 0 aliphatic carbocycles. The molecule has 2 aromatic heterocycles. The Morgan fingerprint density at radius 3 is 1.67 bits per heavy atom. The van der Waals surface area contributed by atoms with Gasteiger partial charge in [0.1, 0.15) is 6.07 Å². The van der Waals surface area contributed by atoms with E-state index >= 15 is 0 Å². The van der Waals surface area contributed by atoms with E-state index in [1.54, 1.807) is 0 Å². The topological polar surface area (TPSA) is 57.4 Å². The first-order valence-electron chi connectivity index (χ1n) is 15.9. The van der Waals surface area contributed by atoms with E-state index < -0.39 is 0 Å². The lowest BCUT2D eigenvalue weighted by atomic mass is 9.97. The number of rotatable bonds is 4. The number of nitriles is 2. The maximum atomic E-state index is 10.0. The van der Waals surface area contributed by atoms with Crippen molar-refractivity contribution in [3.63, 3.8) is 0 Å². The average molecular weight is 611 g/mol. The van der Waals surface area contributed by atoms with Gasteiger partial charge in [-0.1, -0.05) is 109 Å². The molecule has 222 valence electrons. The summed E-state index contributed by atoms with van der Waals surface area (Å²) in [6, 6.07) is 59.0. The van der Waals surface area contributed by atoms with Crippen LogP contribution in [0.25, 0.3) is 77.2 Å². The van der Waals surface area contributed by atoms with Gasteiger partial charge in [0.25, 0.3) is 0 Å². The normalized spacial score (nSPS) is 11.3. The Bertz CT molecular complexity index is 2750. The minimum absolute atomic E-state index is 0.619. The van der Waals surface area contributed by atoms with Crippen molar-refractivity contribution in [2.75, 3.05) is 0 Å². The molecule has 0 unspecified atom stereocenters. The van der Waals surface area contributed by atoms with Crippen LogP contribution in [0.15, 0.2) is 158 Å². The molecule has 0 radical (unpaired) electrons. The van der Waals surface area contributed by atoms with Gasteiger partial charge < -0.3 is 9.13 Å². The summed E-state index contributed by atoms with van der Waals surface area (Å²) < 4.78 is 4.48. The molecule has 0 spiro atoms. The summed E-state index contributed by atoms with van der Waals surface area (Å²) in [4.78, 5) is 0. The molecule has 7 aromatic carbocycles. The molecule has 0 saturated heterocycles. The van der Waals surface area contributed by atoms with Gasteiger partial charge in [-0.25, -0.2) is 0 Å². The third-order valence-corrected chi connectivity index (χ3v) is 9.40. The van der Waals surface area contributed by atoms with Crippen molar-refractivity contribution in [1.82, 2.24) is 9.13 Å². The van der Waals surface area contributed by atoms with Crippen LogP contribution in [0, 0.1) is 22.7 Å². The Morgan fingerprint density at radius 2 is 1.00 bits per heavy atom. The number of aromatic nitrogens is 2. The van der Waals surface area contributed by atoms with E-state index in [9.17, 15) is 10.5 Å². The lowest BCUT2D eigenvalue weighted by molar-refractivity contribution is 1.18. The first-order chi connectivity index (χ1) is 23.7. The van der Waals surface area contributed by atoms with Gasteiger partial charge in [0.2, 0.25) is 0 Å². The highest BCUT2D eigenvalue weighted by atomic mass is 15.0. The zero-order chi connectivity index (χ0) is 32.2. The Morgan fingerprint density at radius 1 is 0.417 bits per heavy atom. The first kappa shape index (κ1) is 27.4. The molecule has 48 heavy (non-hydrogen) atoms. The van der Waals surface area contributed by atoms with Crippen molar-refractivity contribution in [2.45, 2.75) is 0 Å². The van der Waals surface area contributed by atoms with Gasteiger partial charge in [-0.15, -0.1) is 0 Å². The summed E-state index contributed by atoms with van der Waals surface area (Å²) in [5.74, 6) is 0. The summed E-state index contributed by atoms with van der Waals surface area (Å²) in [7, 11) is 0. The Balaban J connectivity index is 1.17. The van der Waals surface area contributed by atoms with E-state index in [4.69, 9.17) is 0 Å². The maximum absolute atomic E-state index is 10.0. The number of hydrogen-bond donors (Lipinski definition) is 0. The zero-order valence-corrected chi connectivity index (χ0v) is 25.8. The van der Waals surface area contributed by atoms with E-state index in [0.29, 0.717) is 11.1 Å². The van der Waals surface area contributed by atoms with Crippen molar-refractivity contribution in [1.29, 1.82) is 10.5 Å². The molecule has 9 aromatic rings. The summed E-state index contributed by atoms with van der Waals surface area (Å²) >= 11 is 0. The zero-order valence-electron chi connectivity index (χ0n) is 25.8. The monoisotopic (exact) mass is 610 g/mol. The van der Waals surface area contributed by atoms with Gasteiger partial charge >= 0.3 is 0 Å². The van der Waals surface area contributed by atoms with Crippen LogP contribution in [-0.2, 0) is 0 Å². The van der Waals surface area contributed by atoms with Crippen molar-refractivity contribution in [3.05, 3.63) is 169 Å². The van der Waals surface area contributed by atoms with Crippen LogP contribution >= 0.6 is 0 Å². The molecular weight excluding hydrogens is 585 g/mol. The quantitative estimate of drug-likeness (QED) is 0.199. The highest BCUT2D eigenvalue weighted by Gasteiger charge is 2.18. The minimum Gasteiger partial charge on any atom is -0.309 e. The van der Waals surface area contributed by atoms with Crippen LogP contribution in [0.2, 0.25) is 0 Å². The van der Waals surface area contributed by atoms with Crippen molar-refractivity contribution < 1.29 is 0 Å². The molecule has 4 heteroatoms. The fraction of sp³-hybridized carbons (Fsp3) is 0. The molecule has 0 amide bonds. The van der Waals surface area contributed by atoms with E-state index in [0.717, 1.165) is 66.5 Å². The highest BCUT2D eigenvalue weighted by molar-refractivity contribution is 6.11. The summed E-state index contributed by atoms with van der Waals surface area (Å²) in [5.41, 5.74) is 11.7. The summed E-state index contributed by atoms with van der Waals surface area (Å²) in [5, 5.41) is 24.4. The molecule has 0 bridgehead atoms. The lowest BCUT2D eigenvalue weighted by Gasteiger charge is -2.15. The third-order valence-electron chi connectivity index (χ3n) is 9.40. The van der Waals surface area contributed by atoms with Gasteiger partial charge in [0.05, 0.1) is 45.0 Å². The Hall–Kier alpha value is -6.88. The number of nitrogens with zero attached hydrogens (tertiary/aromatic N) is 4. The maximum Gasteiger partial charge on any atom is 0.101 e. The summed E-state index contributed by atoms with van der Waals surface area (Å²) in [6.45, 7) is 0. The van der Waals surface area contributed by atoms with Gasteiger partial charge in [-0.3, -0.25) is 0 Å². The molecule has 0 fully saturated rings. The van der Waals surface area contributed by atoms with Crippen LogP contribution in [0.5, 0.6) is 0 Å². The summed E-state index contributed by atoms with van der Waals surface area (Å²) in [6.07, 6.45) is 0. The largest absolute Gasteiger partial charge is 0.309 e. The number of para-hydroxylation sites is 4. The average Bonchev–Trinajstić information content (AvgIpc) is 3.68. The van der Waals surface area contributed by atoms with Crippen LogP contribution in [0.3, 0.4) is 0 Å². The van der Waals surface area contributed by atoms with Crippen LogP contribution in [-0.4, -0.2) is 9.13 Å². The number of benzene rings is 7. The minimum atomic E-state index is 0.619. The van der Waals surface area contributed by atoms with Crippen molar-refractivity contribution in [2.24, 2.45) is 0 Å². The molecular formula is C44H26N4. The SMILES string of the molecule is N#Cc1ccc(-c2ccc(-c3cccc(-n4c5ccccc5c5cccc(C#N)c54)c3)cc2)c(-n2c3ccccc3c3ccccc32)c1. The van der Waals surface area contributed by atoms with Crippen LogP contribution in [0.1, 0.15) is 11.1 Å². The van der Waals surface area contributed by atoms with Gasteiger partial charge in [-0.2, -0.15) is 10.5 Å². The highest BCUT2D eigenvalue weighted by Crippen LogP contribution is 2.38. The standard InChI is InChI=1S/C44H26N4/c45-27-29-19-24-35(43(25-29)48-41-17-5-1-12-36(41)37-13-2-6-18-42(37)48)31-22-20-30(21-23-31)32-9-7-11-34(26-32)47-40-16-4-3-14-38(40)39-15-8-10-33(28-46)44(39)47/h1-26H. The number of fused-ring (bicyclic) bond motifs is 6. The van der Waals surface area contributed by atoms with Gasteiger partial charge in [0.15, 0.2) is 0 Å². The fourth-order valence-electron chi connectivity index (χ4n) is 7.26. The molecule has 4 nitrogen and oxygen atoms in total. The van der Waals surface area contributed by atoms with E-state index in [1.807, 2.05) is 36.4 Å². The fourth-order valence-corrected chi connectivity index (χ4v) is 7.26. The Kier molecular flexibility index (Phi) is 6.22. The molecule has 0 saturated carbocycles. The second-order valence-corrected chi connectivity index (χ2v) is 12.0. The molecule has 0 N–H and O–H groups in total. The molecule has 9 rings (SSSR count). The second-order valence-electron chi connectivity index (χ2n) is 12.0. The van der Waals surface area contributed by atoms with Crippen molar-refractivity contribution in [3.8, 4) is 45.8 Å². The van der Waals surface area contributed by atoms with Crippen LogP contribution < -0.4 is 0 Å². The van der Waals surface area contributed by atoms with Crippen LogP contribution in [0.4, 0.5) is 0 Å². The molecule has 0 atom stereocenters. The van der Waals surface area contributed by atoms with Gasteiger partial charge in [0, 0.05) is 32.8 Å². The lowest BCUT2D eigenvalue weighted by Crippen LogP contribution is -1.98. The van der Waals surface area contributed by atoms with Crippen molar-refractivity contribution >= 4 is 43.6 Å². The number of hydrogen-bond acceptors (Lipinski definition) is 2. The van der Waals surface area contributed by atoms with Gasteiger partial charge in [-0.05, 0) is 65.2 Å². The smallest absolute Gasteiger partial charge is 0.101 e. The second kappa shape index (κ2) is 10.9. The molecule has 0 aliphatic rings. The third kappa shape index (κ3) is 4.14. The van der Waals surface area contributed by atoms with E-state index in [-0.39, 0.29) is 0 Å². The van der Waals surface area contributed by atoms with E-state index in [2.05, 4.69) is 143 Å². The predicted molar refractivity (Wildman–Crippen MR) is 195 cm³/mol. The Labute approximate surface area is 277 Å². The van der Waals surface area contributed by atoms with E-state index in [1.165, 1.54) is 10.8 Å². The predicted octanol–water partition coefficient (Wildman–Crippen LogP) is 11.0.